The molecule has 0 amide bonds. The van der Waals surface area contributed by atoms with E-state index in [0.717, 1.165) is 0 Å². The molecule has 0 unspecified atom stereocenters. The number of methoxy groups -OCH3 is 1. The molecule has 0 aromatic heterocycles. The standard InChI is InChI=1S/C17H14O6/c1-7(18)12-14-16(22-10-6-11(19)23-17(10)14)8-4-3-5-9(21-2)13(8)15(12)20/h3-5,10,17,20H,6H2,1-2H3/t10-,17+/m0/s1. The van der Waals surface area contributed by atoms with Crippen LogP contribution in [-0.4, -0.2) is 30.1 Å². The number of rotatable bonds is 2. The molecule has 0 aliphatic carbocycles. The summed E-state index contributed by atoms with van der Waals surface area (Å²) in [6.45, 7) is 1.36. The number of carbonyl (C=O) groups excluding carboxylic acids is 2. The van der Waals surface area contributed by atoms with Gasteiger partial charge in [0, 0.05) is 5.39 Å². The van der Waals surface area contributed by atoms with Crippen molar-refractivity contribution in [2.45, 2.75) is 25.6 Å². The van der Waals surface area contributed by atoms with Crippen LogP contribution in [0.1, 0.15) is 35.4 Å². The zero-order chi connectivity index (χ0) is 16.3. The Hall–Kier alpha value is -2.76. The second-order valence-corrected chi connectivity index (χ2v) is 5.68. The van der Waals surface area contributed by atoms with Crippen LogP contribution >= 0.6 is 0 Å². The molecule has 2 aromatic carbocycles. The number of esters is 1. The van der Waals surface area contributed by atoms with Gasteiger partial charge in [-0.1, -0.05) is 12.1 Å². The van der Waals surface area contributed by atoms with Crippen molar-refractivity contribution < 1.29 is 28.9 Å². The number of aromatic hydroxyl groups is 1. The Kier molecular flexibility index (Phi) is 2.78. The summed E-state index contributed by atoms with van der Waals surface area (Å²) in [6.07, 6.45) is -0.993. The number of benzene rings is 2. The van der Waals surface area contributed by atoms with Crippen molar-refractivity contribution in [3.63, 3.8) is 0 Å². The van der Waals surface area contributed by atoms with Gasteiger partial charge in [-0.25, -0.2) is 0 Å². The van der Waals surface area contributed by atoms with E-state index in [1.54, 1.807) is 18.2 Å². The fraction of sp³-hybridized carbons (Fsp3) is 0.294. The van der Waals surface area contributed by atoms with Crippen LogP contribution in [0, 0.1) is 0 Å². The van der Waals surface area contributed by atoms with Crippen molar-refractivity contribution in [2.24, 2.45) is 0 Å². The van der Waals surface area contributed by atoms with Gasteiger partial charge in [0.2, 0.25) is 0 Å². The smallest absolute Gasteiger partial charge is 0.310 e. The summed E-state index contributed by atoms with van der Waals surface area (Å²) in [6, 6.07) is 5.26. The number of carbonyl (C=O) groups is 2. The summed E-state index contributed by atoms with van der Waals surface area (Å²) in [5.41, 5.74) is 0.575. The van der Waals surface area contributed by atoms with Crippen molar-refractivity contribution >= 4 is 22.5 Å². The van der Waals surface area contributed by atoms with Crippen LogP contribution in [0.5, 0.6) is 17.2 Å². The van der Waals surface area contributed by atoms with Crippen LogP contribution < -0.4 is 9.47 Å². The molecule has 2 atom stereocenters. The van der Waals surface area contributed by atoms with E-state index in [9.17, 15) is 14.7 Å². The third-order valence-corrected chi connectivity index (χ3v) is 4.35. The van der Waals surface area contributed by atoms with E-state index in [1.165, 1.54) is 14.0 Å². The van der Waals surface area contributed by atoms with E-state index in [-0.39, 0.29) is 29.5 Å². The maximum absolute atomic E-state index is 12.1. The average Bonchev–Trinajstić information content (AvgIpc) is 3.03. The van der Waals surface area contributed by atoms with Crippen LogP contribution in [0.2, 0.25) is 0 Å². The molecule has 6 heteroatoms. The van der Waals surface area contributed by atoms with Gasteiger partial charge >= 0.3 is 5.97 Å². The van der Waals surface area contributed by atoms with E-state index in [2.05, 4.69) is 0 Å². The van der Waals surface area contributed by atoms with Crippen molar-refractivity contribution in [1.29, 1.82) is 0 Å². The number of fused-ring (bicyclic) bond motifs is 5. The molecule has 2 aliphatic rings. The van der Waals surface area contributed by atoms with Crippen molar-refractivity contribution in [2.75, 3.05) is 7.11 Å². The minimum absolute atomic E-state index is 0.124. The molecule has 0 saturated carbocycles. The highest BCUT2D eigenvalue weighted by Crippen LogP contribution is 2.53. The summed E-state index contributed by atoms with van der Waals surface area (Å²) in [7, 11) is 1.49. The predicted octanol–water partition coefficient (Wildman–Crippen LogP) is 2.51. The van der Waals surface area contributed by atoms with Gasteiger partial charge in [-0.3, -0.25) is 9.59 Å². The zero-order valence-corrected chi connectivity index (χ0v) is 12.6. The second kappa shape index (κ2) is 4.62. The normalized spacial score (nSPS) is 21.6. The lowest BCUT2D eigenvalue weighted by Gasteiger charge is -2.16. The Balaban J connectivity index is 2.12. The van der Waals surface area contributed by atoms with Gasteiger partial charge in [0.15, 0.2) is 18.0 Å². The van der Waals surface area contributed by atoms with Gasteiger partial charge < -0.3 is 19.3 Å². The molecule has 4 rings (SSSR count). The minimum atomic E-state index is -0.655. The Morgan fingerprint density at radius 2 is 2.13 bits per heavy atom. The van der Waals surface area contributed by atoms with Crippen molar-refractivity contribution in [3.05, 3.63) is 29.3 Å². The highest BCUT2D eigenvalue weighted by atomic mass is 16.6. The molecule has 6 nitrogen and oxygen atoms in total. The number of ether oxygens (including phenoxy) is 3. The van der Waals surface area contributed by atoms with Crippen molar-refractivity contribution in [1.82, 2.24) is 0 Å². The maximum Gasteiger partial charge on any atom is 0.310 e. The van der Waals surface area contributed by atoms with Crippen LogP contribution in [0.15, 0.2) is 18.2 Å². The Bertz CT molecular complexity index is 869. The quantitative estimate of drug-likeness (QED) is 0.677. The van der Waals surface area contributed by atoms with Crippen molar-refractivity contribution in [3.8, 4) is 17.2 Å². The van der Waals surface area contributed by atoms with E-state index < -0.39 is 12.2 Å². The number of hydrogen-bond acceptors (Lipinski definition) is 6. The Morgan fingerprint density at radius 3 is 2.83 bits per heavy atom. The molecule has 0 spiro atoms. The lowest BCUT2D eigenvalue weighted by Crippen LogP contribution is -2.12. The summed E-state index contributed by atoms with van der Waals surface area (Å²) in [4.78, 5) is 23.7. The minimum Gasteiger partial charge on any atom is -0.506 e. The molecule has 2 aromatic rings. The van der Waals surface area contributed by atoms with Gasteiger partial charge in [0.1, 0.15) is 17.2 Å². The first-order valence-corrected chi connectivity index (χ1v) is 7.25. The van der Waals surface area contributed by atoms with Crippen LogP contribution in [0.4, 0.5) is 0 Å². The molecular formula is C17H14O6. The summed E-state index contributed by atoms with van der Waals surface area (Å²) >= 11 is 0. The molecule has 1 fully saturated rings. The lowest BCUT2D eigenvalue weighted by molar-refractivity contribution is -0.141. The first-order valence-electron chi connectivity index (χ1n) is 7.25. The van der Waals surface area contributed by atoms with Gasteiger partial charge in [-0.15, -0.1) is 0 Å². The maximum atomic E-state index is 12.1. The first-order chi connectivity index (χ1) is 11.0. The topological polar surface area (TPSA) is 82.1 Å². The van der Waals surface area contributed by atoms with Gasteiger partial charge in [-0.05, 0) is 13.0 Å². The highest BCUT2D eigenvalue weighted by Gasteiger charge is 2.48. The summed E-state index contributed by atoms with van der Waals surface area (Å²) in [5.74, 6) is 0.0624. The molecular weight excluding hydrogens is 300 g/mol. The Morgan fingerprint density at radius 1 is 1.35 bits per heavy atom. The zero-order valence-electron chi connectivity index (χ0n) is 12.6. The molecule has 1 saturated heterocycles. The largest absolute Gasteiger partial charge is 0.506 e. The summed E-state index contributed by atoms with van der Waals surface area (Å²) in [5, 5.41) is 11.7. The van der Waals surface area contributed by atoms with E-state index in [0.29, 0.717) is 27.8 Å². The third-order valence-electron chi connectivity index (χ3n) is 4.35. The van der Waals surface area contributed by atoms with Gasteiger partial charge in [-0.2, -0.15) is 0 Å². The molecule has 2 heterocycles. The molecule has 23 heavy (non-hydrogen) atoms. The van der Waals surface area contributed by atoms with E-state index in [4.69, 9.17) is 14.2 Å². The number of Topliss-reactive ketones (excluding diaryl/α,β-unsaturated/α-hetero) is 1. The first kappa shape index (κ1) is 13.9. The number of phenolic OH excluding ortho intramolecular Hbond substituents is 1. The van der Waals surface area contributed by atoms with Gasteiger partial charge in [0.25, 0.3) is 0 Å². The number of phenols is 1. The third kappa shape index (κ3) is 1.75. The average molecular weight is 314 g/mol. The van der Waals surface area contributed by atoms with Crippen LogP contribution in [0.25, 0.3) is 10.8 Å². The molecule has 1 N–H and O–H groups in total. The fourth-order valence-electron chi connectivity index (χ4n) is 3.44. The monoisotopic (exact) mass is 314 g/mol. The Labute approximate surface area is 131 Å². The number of hydrogen-bond donors (Lipinski definition) is 1. The molecule has 118 valence electrons. The summed E-state index contributed by atoms with van der Waals surface area (Å²) < 4.78 is 16.5. The van der Waals surface area contributed by atoms with Crippen LogP contribution in [0.3, 0.4) is 0 Å². The van der Waals surface area contributed by atoms with Gasteiger partial charge in [0.05, 0.1) is 30.0 Å². The molecule has 0 radical (unpaired) electrons. The second-order valence-electron chi connectivity index (χ2n) is 5.68. The van der Waals surface area contributed by atoms with Crippen LogP contribution in [-0.2, 0) is 9.53 Å². The van der Waals surface area contributed by atoms with E-state index in [1.807, 2.05) is 0 Å². The number of ketones is 1. The lowest BCUT2D eigenvalue weighted by atomic mass is 9.92. The molecule has 2 aliphatic heterocycles. The molecule has 0 bridgehead atoms. The fourth-order valence-corrected chi connectivity index (χ4v) is 3.44. The SMILES string of the molecule is COc1cccc2c3c(c(C(C)=O)c(O)c12)[C@@H]1OC(=O)C[C@@H]1O3. The van der Waals surface area contributed by atoms with E-state index >= 15 is 0 Å². The predicted molar refractivity (Wildman–Crippen MR) is 80.0 cm³/mol. The highest BCUT2D eigenvalue weighted by molar-refractivity contribution is 6.10.